The molecular formula is C15H18ClNO2. The fourth-order valence-corrected chi connectivity index (χ4v) is 2.42. The maximum atomic E-state index is 10.6. The van der Waals surface area contributed by atoms with Crippen LogP contribution in [0.3, 0.4) is 0 Å². The molecule has 3 nitrogen and oxygen atoms in total. The summed E-state index contributed by atoms with van der Waals surface area (Å²) in [5, 5.41) is 9.39. The van der Waals surface area contributed by atoms with Crippen molar-refractivity contribution in [3.8, 4) is 0 Å². The molecule has 2 atom stereocenters. The molecule has 0 heterocycles. The van der Waals surface area contributed by atoms with E-state index in [9.17, 15) is 4.79 Å². The minimum atomic E-state index is -0.945. The lowest BCUT2D eigenvalue weighted by Crippen LogP contribution is -2.21. The SMILES string of the molecule is CC1CC1CN(C)c1cc(Cl)ccc1/C=C/C(=O)O. The Hall–Kier alpha value is -1.48. The summed E-state index contributed by atoms with van der Waals surface area (Å²) in [5.41, 5.74) is 1.85. The van der Waals surface area contributed by atoms with Crippen LogP contribution in [0.2, 0.25) is 5.02 Å². The fraction of sp³-hybridized carbons (Fsp3) is 0.400. The Kier molecular flexibility index (Phi) is 4.15. The van der Waals surface area contributed by atoms with E-state index in [1.807, 2.05) is 19.2 Å². The van der Waals surface area contributed by atoms with E-state index in [0.717, 1.165) is 35.7 Å². The molecule has 1 aromatic rings. The highest BCUT2D eigenvalue weighted by atomic mass is 35.5. The highest BCUT2D eigenvalue weighted by Crippen LogP contribution is 2.39. The minimum absolute atomic E-state index is 0.665. The maximum Gasteiger partial charge on any atom is 0.328 e. The Bertz CT molecular complexity index is 513. The Morgan fingerprint density at radius 2 is 2.26 bits per heavy atom. The van der Waals surface area contributed by atoms with Crippen molar-refractivity contribution >= 4 is 29.3 Å². The number of halogens is 1. The largest absolute Gasteiger partial charge is 0.478 e. The van der Waals surface area contributed by atoms with Crippen LogP contribution < -0.4 is 4.90 Å². The van der Waals surface area contributed by atoms with E-state index in [1.165, 1.54) is 6.42 Å². The van der Waals surface area contributed by atoms with E-state index >= 15 is 0 Å². The first kappa shape index (κ1) is 13.9. The average Bonchev–Trinajstić information content (AvgIpc) is 3.03. The molecule has 1 aromatic carbocycles. The molecule has 1 aliphatic rings. The van der Waals surface area contributed by atoms with Crippen molar-refractivity contribution in [2.24, 2.45) is 11.8 Å². The molecular weight excluding hydrogens is 262 g/mol. The summed E-state index contributed by atoms with van der Waals surface area (Å²) >= 11 is 6.04. The van der Waals surface area contributed by atoms with Gasteiger partial charge in [0, 0.05) is 30.4 Å². The lowest BCUT2D eigenvalue weighted by atomic mass is 10.1. The first-order valence-electron chi connectivity index (χ1n) is 6.39. The van der Waals surface area contributed by atoms with Gasteiger partial charge in [0.25, 0.3) is 0 Å². The molecule has 0 aliphatic heterocycles. The molecule has 2 rings (SSSR count). The Labute approximate surface area is 118 Å². The monoisotopic (exact) mass is 279 g/mol. The molecule has 0 aromatic heterocycles. The third-order valence-corrected chi connectivity index (χ3v) is 3.83. The number of anilines is 1. The summed E-state index contributed by atoms with van der Waals surface area (Å²) in [4.78, 5) is 12.8. The third-order valence-electron chi connectivity index (χ3n) is 3.59. The number of carboxylic acids is 1. The predicted molar refractivity (Wildman–Crippen MR) is 78.7 cm³/mol. The van der Waals surface area contributed by atoms with Gasteiger partial charge in [-0.1, -0.05) is 24.6 Å². The highest BCUT2D eigenvalue weighted by Gasteiger charge is 2.33. The van der Waals surface area contributed by atoms with Gasteiger partial charge in [0.15, 0.2) is 0 Å². The van der Waals surface area contributed by atoms with Crippen LogP contribution in [0.5, 0.6) is 0 Å². The average molecular weight is 280 g/mol. The van der Waals surface area contributed by atoms with Crippen LogP contribution in [0, 0.1) is 11.8 Å². The van der Waals surface area contributed by atoms with Crippen molar-refractivity contribution in [2.75, 3.05) is 18.5 Å². The predicted octanol–water partition coefficient (Wildman–Crippen LogP) is 3.53. The standard InChI is InChI=1S/C15H18ClNO2/c1-10-7-12(10)9-17(2)14-8-13(16)5-3-11(14)4-6-15(18)19/h3-6,8,10,12H,7,9H2,1-2H3,(H,18,19)/b6-4+. The minimum Gasteiger partial charge on any atom is -0.478 e. The molecule has 2 unspecified atom stereocenters. The molecule has 0 saturated heterocycles. The number of nitrogens with zero attached hydrogens (tertiary/aromatic N) is 1. The zero-order chi connectivity index (χ0) is 14.0. The number of benzene rings is 1. The number of carboxylic acid groups (broad SMARTS) is 1. The van der Waals surface area contributed by atoms with Gasteiger partial charge in [-0.25, -0.2) is 4.79 Å². The number of carbonyl (C=O) groups is 1. The third kappa shape index (κ3) is 3.74. The molecule has 4 heteroatoms. The van der Waals surface area contributed by atoms with Crippen LogP contribution in [0.1, 0.15) is 18.9 Å². The first-order chi connectivity index (χ1) is 8.97. The van der Waals surface area contributed by atoms with E-state index in [2.05, 4.69) is 11.8 Å². The van der Waals surface area contributed by atoms with Crippen molar-refractivity contribution in [1.29, 1.82) is 0 Å². The number of aliphatic carboxylic acids is 1. The van der Waals surface area contributed by atoms with Crippen molar-refractivity contribution < 1.29 is 9.90 Å². The lowest BCUT2D eigenvalue weighted by Gasteiger charge is -2.22. The van der Waals surface area contributed by atoms with Crippen LogP contribution in [0.15, 0.2) is 24.3 Å². The second kappa shape index (κ2) is 5.66. The van der Waals surface area contributed by atoms with Gasteiger partial charge in [-0.05, 0) is 42.0 Å². The summed E-state index contributed by atoms with van der Waals surface area (Å²) in [6, 6.07) is 5.51. The van der Waals surface area contributed by atoms with Crippen molar-refractivity contribution in [3.05, 3.63) is 34.9 Å². The van der Waals surface area contributed by atoms with Gasteiger partial charge in [0.2, 0.25) is 0 Å². The quantitative estimate of drug-likeness (QED) is 0.838. The zero-order valence-corrected chi connectivity index (χ0v) is 11.9. The molecule has 19 heavy (non-hydrogen) atoms. The van der Waals surface area contributed by atoms with Gasteiger partial charge in [-0.2, -0.15) is 0 Å². The topological polar surface area (TPSA) is 40.5 Å². The number of rotatable bonds is 5. The normalized spacial score (nSPS) is 21.6. The number of hydrogen-bond donors (Lipinski definition) is 1. The molecule has 1 fully saturated rings. The van der Waals surface area contributed by atoms with E-state index < -0.39 is 5.97 Å². The van der Waals surface area contributed by atoms with Crippen molar-refractivity contribution in [1.82, 2.24) is 0 Å². The van der Waals surface area contributed by atoms with Crippen LogP contribution in [-0.2, 0) is 4.79 Å². The Morgan fingerprint density at radius 3 is 2.84 bits per heavy atom. The zero-order valence-electron chi connectivity index (χ0n) is 11.1. The molecule has 0 spiro atoms. The maximum absolute atomic E-state index is 10.6. The van der Waals surface area contributed by atoms with E-state index in [4.69, 9.17) is 16.7 Å². The molecule has 102 valence electrons. The highest BCUT2D eigenvalue weighted by molar-refractivity contribution is 6.31. The molecule has 1 aliphatic carbocycles. The van der Waals surface area contributed by atoms with E-state index in [0.29, 0.717) is 5.02 Å². The summed E-state index contributed by atoms with van der Waals surface area (Å²) in [5.74, 6) is 0.583. The fourth-order valence-electron chi connectivity index (χ4n) is 2.25. The molecule has 0 radical (unpaired) electrons. The Morgan fingerprint density at radius 1 is 1.58 bits per heavy atom. The van der Waals surface area contributed by atoms with Crippen LogP contribution >= 0.6 is 11.6 Å². The Balaban J connectivity index is 2.20. The van der Waals surface area contributed by atoms with E-state index in [-0.39, 0.29) is 0 Å². The van der Waals surface area contributed by atoms with Crippen molar-refractivity contribution in [2.45, 2.75) is 13.3 Å². The lowest BCUT2D eigenvalue weighted by molar-refractivity contribution is -0.131. The van der Waals surface area contributed by atoms with E-state index in [1.54, 1.807) is 12.1 Å². The number of hydrogen-bond acceptors (Lipinski definition) is 2. The van der Waals surface area contributed by atoms with Crippen LogP contribution in [-0.4, -0.2) is 24.7 Å². The summed E-state index contributed by atoms with van der Waals surface area (Å²) in [6.45, 7) is 3.23. The van der Waals surface area contributed by atoms with Gasteiger partial charge in [-0.15, -0.1) is 0 Å². The smallest absolute Gasteiger partial charge is 0.328 e. The second-order valence-electron chi connectivity index (χ2n) is 5.23. The van der Waals surface area contributed by atoms with Gasteiger partial charge in [0.1, 0.15) is 0 Å². The van der Waals surface area contributed by atoms with Gasteiger partial charge < -0.3 is 10.0 Å². The van der Waals surface area contributed by atoms with Gasteiger partial charge >= 0.3 is 5.97 Å². The van der Waals surface area contributed by atoms with Crippen molar-refractivity contribution in [3.63, 3.8) is 0 Å². The first-order valence-corrected chi connectivity index (χ1v) is 6.77. The summed E-state index contributed by atoms with van der Waals surface area (Å²) in [6.07, 6.45) is 4.03. The van der Waals surface area contributed by atoms with Crippen LogP contribution in [0.4, 0.5) is 5.69 Å². The summed E-state index contributed by atoms with van der Waals surface area (Å²) < 4.78 is 0. The second-order valence-corrected chi connectivity index (χ2v) is 5.66. The molecule has 0 amide bonds. The van der Waals surface area contributed by atoms with Gasteiger partial charge in [-0.3, -0.25) is 0 Å². The molecule has 1 saturated carbocycles. The van der Waals surface area contributed by atoms with Crippen LogP contribution in [0.25, 0.3) is 6.08 Å². The van der Waals surface area contributed by atoms with Gasteiger partial charge in [0.05, 0.1) is 0 Å². The molecule has 1 N–H and O–H groups in total. The molecule has 0 bridgehead atoms. The summed E-state index contributed by atoms with van der Waals surface area (Å²) in [7, 11) is 2.02.